The van der Waals surface area contributed by atoms with Crippen molar-refractivity contribution < 1.29 is 27.6 Å². The Morgan fingerprint density at radius 2 is 1.54 bits per heavy atom. The number of carbonyl (C=O) groups is 3. The summed E-state index contributed by atoms with van der Waals surface area (Å²) in [7, 11) is 0. The minimum Gasteiger partial charge on any atom is -0.350 e. The molecule has 0 fully saturated rings. The Morgan fingerprint density at radius 3 is 2.22 bits per heavy atom. The quantitative estimate of drug-likeness (QED) is 0.305. The average molecular weight is 589 g/mol. The first-order valence-electron chi connectivity index (χ1n) is 10.2. The van der Waals surface area contributed by atoms with Gasteiger partial charge in [0.25, 0.3) is 17.7 Å². The van der Waals surface area contributed by atoms with Gasteiger partial charge in [-0.3, -0.25) is 14.4 Å². The topological polar surface area (TPSA) is 78.5 Å². The molecule has 0 spiro atoms. The fourth-order valence-electron chi connectivity index (χ4n) is 3.40. The third kappa shape index (κ3) is 5.55. The molecule has 0 bridgehead atoms. The van der Waals surface area contributed by atoms with Crippen LogP contribution in [-0.4, -0.2) is 17.7 Å². The number of nitrogens with zero attached hydrogens (tertiary/aromatic N) is 1. The van der Waals surface area contributed by atoms with Crippen LogP contribution >= 0.6 is 46.4 Å². The lowest BCUT2D eigenvalue weighted by molar-refractivity contribution is -0.137. The third-order valence-corrected chi connectivity index (χ3v) is 6.32. The largest absolute Gasteiger partial charge is 0.417 e. The average Bonchev–Trinajstić information content (AvgIpc) is 3.03. The Labute approximate surface area is 227 Å². The van der Waals surface area contributed by atoms with Gasteiger partial charge in [-0.15, -0.1) is 0 Å². The van der Waals surface area contributed by atoms with Crippen molar-refractivity contribution in [2.75, 3.05) is 15.5 Å². The highest BCUT2D eigenvalue weighted by Gasteiger charge is 2.40. The van der Waals surface area contributed by atoms with Crippen molar-refractivity contribution >= 4 is 81.2 Å². The smallest absolute Gasteiger partial charge is 0.350 e. The van der Waals surface area contributed by atoms with Crippen LogP contribution in [0.5, 0.6) is 0 Å². The van der Waals surface area contributed by atoms with E-state index in [1.165, 1.54) is 48.5 Å². The van der Waals surface area contributed by atoms with Crippen molar-refractivity contribution in [1.82, 2.24) is 0 Å². The second-order valence-corrected chi connectivity index (χ2v) is 9.21. The van der Waals surface area contributed by atoms with E-state index in [1.807, 2.05) is 0 Å². The number of alkyl halides is 3. The molecule has 13 heteroatoms. The zero-order chi connectivity index (χ0) is 27.1. The number of benzene rings is 3. The van der Waals surface area contributed by atoms with Gasteiger partial charge < -0.3 is 10.6 Å². The van der Waals surface area contributed by atoms with Crippen molar-refractivity contribution in [3.05, 3.63) is 97.6 Å². The minimum absolute atomic E-state index is 0.0413. The zero-order valence-corrected chi connectivity index (χ0v) is 21.1. The van der Waals surface area contributed by atoms with Crippen molar-refractivity contribution in [3.63, 3.8) is 0 Å². The Morgan fingerprint density at radius 1 is 0.811 bits per heavy atom. The Balaban J connectivity index is 1.55. The lowest BCUT2D eigenvalue weighted by atomic mass is 10.1. The van der Waals surface area contributed by atoms with Crippen LogP contribution in [0.15, 0.2) is 71.4 Å². The molecule has 0 aliphatic carbocycles. The number of rotatable bonds is 5. The molecule has 2 N–H and O–H groups in total. The number of nitrogens with one attached hydrogen (secondary N) is 2. The van der Waals surface area contributed by atoms with Crippen LogP contribution in [0.2, 0.25) is 15.1 Å². The SMILES string of the molecule is O=C(Nc1ccc(Cl)c(C(F)(F)F)c1)c1cccc(NC2=C(Cl)C(=O)N(c3ccc(Cl)cc3Cl)C2=O)c1. The molecular formula is C24H12Cl4F3N3O3. The van der Waals surface area contributed by atoms with E-state index in [1.54, 1.807) is 0 Å². The summed E-state index contributed by atoms with van der Waals surface area (Å²) in [5, 5.41) is 4.51. The number of amides is 3. The normalized spacial score (nSPS) is 13.9. The van der Waals surface area contributed by atoms with Crippen LogP contribution in [0.4, 0.5) is 30.2 Å². The lowest BCUT2D eigenvalue weighted by Crippen LogP contribution is -2.32. The zero-order valence-electron chi connectivity index (χ0n) is 18.1. The molecule has 4 rings (SSSR count). The van der Waals surface area contributed by atoms with Crippen molar-refractivity contribution in [1.29, 1.82) is 0 Å². The van der Waals surface area contributed by atoms with Gasteiger partial charge in [-0.25, -0.2) is 4.90 Å². The van der Waals surface area contributed by atoms with Crippen LogP contribution in [0.25, 0.3) is 0 Å². The number of hydrogen-bond acceptors (Lipinski definition) is 4. The molecule has 1 aliphatic heterocycles. The number of hydrogen-bond donors (Lipinski definition) is 2. The second kappa shape index (κ2) is 10.3. The summed E-state index contributed by atoms with van der Waals surface area (Å²) in [5.41, 5.74) is -1.16. The molecule has 6 nitrogen and oxygen atoms in total. The van der Waals surface area contributed by atoms with Crippen LogP contribution in [0.3, 0.4) is 0 Å². The maximum Gasteiger partial charge on any atom is 0.417 e. The van der Waals surface area contributed by atoms with Gasteiger partial charge in [0.1, 0.15) is 10.7 Å². The summed E-state index contributed by atoms with van der Waals surface area (Å²) in [6.07, 6.45) is -4.70. The number of halogens is 7. The maximum absolute atomic E-state index is 13.1. The summed E-state index contributed by atoms with van der Waals surface area (Å²) in [6.45, 7) is 0. The molecule has 0 aromatic heterocycles. The first kappa shape index (κ1) is 26.8. The molecule has 3 aromatic rings. The van der Waals surface area contributed by atoms with Crippen LogP contribution in [0.1, 0.15) is 15.9 Å². The standard InChI is InChI=1S/C24H12Cl4F3N3O3/c25-12-4-7-18(17(27)9-12)34-22(36)19(28)20(23(34)37)32-13-3-1-2-11(8-13)21(35)33-14-5-6-16(26)15(10-14)24(29,30)31/h1-10,32H,(H,33,35). The summed E-state index contributed by atoms with van der Waals surface area (Å²) in [6, 6.07) is 12.8. The summed E-state index contributed by atoms with van der Waals surface area (Å²) < 4.78 is 39.3. The second-order valence-electron chi connectivity index (χ2n) is 7.58. The molecule has 1 aliphatic rings. The molecule has 0 unspecified atom stereocenters. The molecule has 37 heavy (non-hydrogen) atoms. The predicted octanol–water partition coefficient (Wildman–Crippen LogP) is 7.35. The van der Waals surface area contributed by atoms with Gasteiger partial charge in [-0.05, 0) is 54.6 Å². The molecule has 3 aromatic carbocycles. The van der Waals surface area contributed by atoms with Gasteiger partial charge in [0.15, 0.2) is 0 Å². The highest BCUT2D eigenvalue weighted by molar-refractivity contribution is 6.54. The van der Waals surface area contributed by atoms with E-state index in [0.29, 0.717) is 11.1 Å². The molecule has 3 amide bonds. The van der Waals surface area contributed by atoms with E-state index < -0.39 is 39.5 Å². The molecule has 0 atom stereocenters. The Kier molecular flexibility index (Phi) is 7.43. The van der Waals surface area contributed by atoms with Crippen molar-refractivity contribution in [2.45, 2.75) is 6.18 Å². The summed E-state index contributed by atoms with van der Waals surface area (Å²) >= 11 is 23.8. The van der Waals surface area contributed by atoms with Gasteiger partial charge in [0.2, 0.25) is 0 Å². The van der Waals surface area contributed by atoms with E-state index in [2.05, 4.69) is 10.6 Å². The van der Waals surface area contributed by atoms with Crippen molar-refractivity contribution in [2.24, 2.45) is 0 Å². The lowest BCUT2D eigenvalue weighted by Gasteiger charge is -2.17. The first-order valence-corrected chi connectivity index (χ1v) is 11.7. The number of imide groups is 1. The number of carbonyl (C=O) groups excluding carboxylic acids is 3. The van der Waals surface area contributed by atoms with Crippen LogP contribution in [-0.2, 0) is 15.8 Å². The van der Waals surface area contributed by atoms with E-state index in [9.17, 15) is 27.6 Å². The highest BCUT2D eigenvalue weighted by Crippen LogP contribution is 2.37. The predicted molar refractivity (Wildman–Crippen MR) is 136 cm³/mol. The van der Waals surface area contributed by atoms with Gasteiger partial charge in [-0.1, -0.05) is 52.5 Å². The fourth-order valence-corrected chi connectivity index (χ4v) is 4.33. The fraction of sp³-hybridized carbons (Fsp3) is 0.0417. The summed E-state index contributed by atoms with van der Waals surface area (Å²) in [5.74, 6) is -2.35. The van der Waals surface area contributed by atoms with Gasteiger partial charge in [0, 0.05) is 22.0 Å². The van der Waals surface area contributed by atoms with Crippen molar-refractivity contribution in [3.8, 4) is 0 Å². The molecule has 0 saturated heterocycles. The third-order valence-electron chi connectivity index (χ3n) is 5.10. The molecule has 0 saturated carbocycles. The molecule has 0 radical (unpaired) electrons. The Hall–Kier alpha value is -3.24. The van der Waals surface area contributed by atoms with E-state index >= 15 is 0 Å². The first-order chi connectivity index (χ1) is 17.4. The van der Waals surface area contributed by atoms with Gasteiger partial charge in [0.05, 0.1) is 21.3 Å². The maximum atomic E-state index is 13.1. The Bertz CT molecular complexity index is 1490. The van der Waals surface area contributed by atoms with E-state index in [-0.39, 0.29) is 33.3 Å². The van der Waals surface area contributed by atoms with Gasteiger partial charge in [-0.2, -0.15) is 13.2 Å². The monoisotopic (exact) mass is 587 g/mol. The molecule has 1 heterocycles. The molecule has 190 valence electrons. The molecular weight excluding hydrogens is 577 g/mol. The van der Waals surface area contributed by atoms with Crippen LogP contribution < -0.4 is 15.5 Å². The van der Waals surface area contributed by atoms with Crippen LogP contribution in [0, 0.1) is 0 Å². The minimum atomic E-state index is -4.70. The number of anilines is 3. The highest BCUT2D eigenvalue weighted by atomic mass is 35.5. The van der Waals surface area contributed by atoms with E-state index in [4.69, 9.17) is 46.4 Å². The van der Waals surface area contributed by atoms with E-state index in [0.717, 1.165) is 11.0 Å². The van der Waals surface area contributed by atoms with Gasteiger partial charge >= 0.3 is 6.18 Å². The summed E-state index contributed by atoms with van der Waals surface area (Å²) in [4.78, 5) is 39.1.